The van der Waals surface area contributed by atoms with Crippen molar-refractivity contribution in [1.29, 1.82) is 0 Å². The van der Waals surface area contributed by atoms with Crippen molar-refractivity contribution in [3.05, 3.63) is 59.2 Å². The summed E-state index contributed by atoms with van der Waals surface area (Å²) in [5, 5.41) is 4.97. The van der Waals surface area contributed by atoms with Crippen molar-refractivity contribution in [3.8, 4) is 5.75 Å². The number of rotatable bonds is 4. The smallest absolute Gasteiger partial charge is 0.406 e. The molecule has 0 saturated carbocycles. The summed E-state index contributed by atoms with van der Waals surface area (Å²) in [7, 11) is 0. The molecule has 14 heteroatoms. The summed E-state index contributed by atoms with van der Waals surface area (Å²) in [5.41, 5.74) is -2.23. The Morgan fingerprint density at radius 3 is 2.38 bits per heavy atom. The van der Waals surface area contributed by atoms with Crippen molar-refractivity contribution in [2.24, 2.45) is 0 Å². The number of ether oxygens (including phenoxy) is 1. The maximum absolute atomic E-state index is 13.7. The fourth-order valence-corrected chi connectivity index (χ4v) is 3.27. The largest absolute Gasteiger partial charge is 0.573 e. The molecular weight excluding hydrogens is 477 g/mol. The quantitative estimate of drug-likeness (QED) is 0.635. The minimum atomic E-state index is -5.14. The van der Waals surface area contributed by atoms with Gasteiger partial charge in [-0.05, 0) is 36.8 Å². The predicted octanol–water partition coefficient (Wildman–Crippen LogP) is 3.76. The van der Waals surface area contributed by atoms with Gasteiger partial charge in [0.25, 0.3) is 0 Å². The van der Waals surface area contributed by atoms with E-state index < -0.39 is 59.5 Å². The first-order valence-electron chi connectivity index (χ1n) is 9.70. The molecule has 34 heavy (non-hydrogen) atoms. The van der Waals surface area contributed by atoms with Gasteiger partial charge in [-0.3, -0.25) is 4.79 Å². The third-order valence-electron chi connectivity index (χ3n) is 4.91. The Kier molecular flexibility index (Phi) is 6.89. The van der Waals surface area contributed by atoms with Gasteiger partial charge in [0.05, 0.1) is 11.7 Å². The molecule has 1 saturated heterocycles. The molecule has 7 nitrogen and oxygen atoms in total. The number of alkyl halides is 6. The van der Waals surface area contributed by atoms with Gasteiger partial charge in [-0.1, -0.05) is 12.1 Å². The number of nitrogens with zero attached hydrogens (tertiary/aromatic N) is 2. The highest BCUT2D eigenvalue weighted by Crippen LogP contribution is 2.32. The zero-order valence-electron chi connectivity index (χ0n) is 17.3. The first-order valence-corrected chi connectivity index (χ1v) is 9.70. The van der Waals surface area contributed by atoms with Crippen molar-refractivity contribution < 1.29 is 45.1 Å². The van der Waals surface area contributed by atoms with Crippen molar-refractivity contribution in [3.63, 3.8) is 0 Å². The molecule has 184 valence electrons. The Hall–Kier alpha value is -3.58. The van der Waals surface area contributed by atoms with Crippen LogP contribution >= 0.6 is 0 Å². The summed E-state index contributed by atoms with van der Waals surface area (Å²) in [4.78, 5) is 29.1. The van der Waals surface area contributed by atoms with E-state index >= 15 is 0 Å². The molecule has 3 amide bonds. The van der Waals surface area contributed by atoms with Gasteiger partial charge in [0, 0.05) is 13.1 Å². The van der Waals surface area contributed by atoms with Crippen LogP contribution in [0.5, 0.6) is 5.75 Å². The van der Waals surface area contributed by atoms with Gasteiger partial charge in [-0.15, -0.1) is 13.2 Å². The normalized spacial score (nSPS) is 17.7. The molecule has 2 atom stereocenters. The van der Waals surface area contributed by atoms with Crippen LogP contribution in [0.15, 0.2) is 36.4 Å². The number of carbonyl (C=O) groups excluding carboxylic acids is 2. The highest BCUT2D eigenvalue weighted by atomic mass is 19.4. The molecule has 3 rings (SSSR count). The third-order valence-corrected chi connectivity index (χ3v) is 4.91. The molecule has 2 heterocycles. The molecular formula is C20H17F7N4O3. The second-order valence-corrected chi connectivity index (χ2v) is 7.22. The molecule has 2 N–H and O–H groups in total. The van der Waals surface area contributed by atoms with Crippen LogP contribution in [0.25, 0.3) is 0 Å². The van der Waals surface area contributed by atoms with E-state index in [9.17, 15) is 40.3 Å². The topological polar surface area (TPSA) is 83.6 Å². The SMILES string of the molecule is C[C@@H]1C(=O)NCCN1C(=O)NC(c1ccc(OC(F)(F)F)cc1)c1ccc(F)c(C(F)(F)F)n1. The molecule has 0 bridgehead atoms. The molecule has 1 aromatic heterocycles. The van der Waals surface area contributed by atoms with Crippen LogP contribution in [0, 0.1) is 5.82 Å². The Bertz CT molecular complexity index is 1060. The molecule has 0 aliphatic carbocycles. The second kappa shape index (κ2) is 9.35. The van der Waals surface area contributed by atoms with E-state index in [0.29, 0.717) is 6.07 Å². The number of pyridine rings is 1. The summed E-state index contributed by atoms with van der Waals surface area (Å²) in [6, 6.07) is 2.20. The molecule has 1 aliphatic rings. The summed E-state index contributed by atoms with van der Waals surface area (Å²) >= 11 is 0. The standard InChI is InChI=1S/C20H17F7N4O3/c1-10-17(32)28-8-9-31(10)18(33)30-15(11-2-4-12(5-3-11)34-20(25,26)27)14-7-6-13(21)16(29-14)19(22,23)24/h2-7,10,15H,8-9H2,1H3,(H,28,32)(H,30,33)/t10-,15?/m1/s1. The van der Waals surface area contributed by atoms with Crippen LogP contribution in [0.3, 0.4) is 0 Å². The lowest BCUT2D eigenvalue weighted by Crippen LogP contribution is -2.58. The van der Waals surface area contributed by atoms with Crippen LogP contribution in [-0.4, -0.2) is 47.3 Å². The zero-order valence-corrected chi connectivity index (χ0v) is 17.3. The van der Waals surface area contributed by atoms with E-state index in [1.54, 1.807) is 0 Å². The van der Waals surface area contributed by atoms with Gasteiger partial charge >= 0.3 is 18.6 Å². The molecule has 0 spiro atoms. The maximum atomic E-state index is 13.7. The number of amides is 3. The molecule has 2 aromatic rings. The van der Waals surface area contributed by atoms with Crippen molar-refractivity contribution in [1.82, 2.24) is 20.5 Å². The Morgan fingerprint density at radius 2 is 1.79 bits per heavy atom. The van der Waals surface area contributed by atoms with E-state index in [0.717, 1.165) is 35.2 Å². The minimum absolute atomic E-state index is 0.0317. The lowest BCUT2D eigenvalue weighted by atomic mass is 10.0. The van der Waals surface area contributed by atoms with E-state index in [-0.39, 0.29) is 18.7 Å². The highest BCUT2D eigenvalue weighted by Gasteiger charge is 2.38. The van der Waals surface area contributed by atoms with E-state index in [1.165, 1.54) is 6.92 Å². The Balaban J connectivity index is 1.99. The van der Waals surface area contributed by atoms with Crippen molar-refractivity contribution >= 4 is 11.9 Å². The van der Waals surface area contributed by atoms with Gasteiger partial charge in [0.15, 0.2) is 11.5 Å². The van der Waals surface area contributed by atoms with Crippen LogP contribution < -0.4 is 15.4 Å². The number of piperazine rings is 1. The number of benzene rings is 1. The molecule has 0 radical (unpaired) electrons. The monoisotopic (exact) mass is 494 g/mol. The van der Waals surface area contributed by atoms with Crippen LogP contribution in [0.4, 0.5) is 35.5 Å². The second-order valence-electron chi connectivity index (χ2n) is 7.22. The summed E-state index contributed by atoms with van der Waals surface area (Å²) in [6.45, 7) is 1.66. The first kappa shape index (κ1) is 25.1. The van der Waals surface area contributed by atoms with E-state index in [1.807, 2.05) is 0 Å². The van der Waals surface area contributed by atoms with E-state index in [2.05, 4.69) is 20.4 Å². The lowest BCUT2D eigenvalue weighted by molar-refractivity contribution is -0.274. The number of halogens is 7. The molecule has 1 unspecified atom stereocenters. The zero-order chi connectivity index (χ0) is 25.3. The summed E-state index contributed by atoms with van der Waals surface area (Å²) in [6.07, 6.45) is -10.1. The average Bonchev–Trinajstić information content (AvgIpc) is 2.73. The summed E-state index contributed by atoms with van der Waals surface area (Å²) < 4.78 is 94.4. The van der Waals surface area contributed by atoms with E-state index in [4.69, 9.17) is 0 Å². The van der Waals surface area contributed by atoms with Gasteiger partial charge in [0.1, 0.15) is 11.8 Å². The van der Waals surface area contributed by atoms with Gasteiger partial charge < -0.3 is 20.3 Å². The Morgan fingerprint density at radius 1 is 1.15 bits per heavy atom. The fraction of sp³-hybridized carbons (Fsp3) is 0.350. The summed E-state index contributed by atoms with van der Waals surface area (Å²) in [5.74, 6) is -2.70. The lowest BCUT2D eigenvalue weighted by Gasteiger charge is -2.34. The van der Waals surface area contributed by atoms with Crippen LogP contribution in [-0.2, 0) is 11.0 Å². The maximum Gasteiger partial charge on any atom is 0.573 e. The number of hydrogen-bond donors (Lipinski definition) is 2. The van der Waals surface area contributed by atoms with Crippen LogP contribution in [0.1, 0.15) is 29.9 Å². The molecule has 1 aliphatic heterocycles. The Labute approximate surface area is 187 Å². The van der Waals surface area contributed by atoms with Crippen LogP contribution in [0.2, 0.25) is 0 Å². The van der Waals surface area contributed by atoms with Gasteiger partial charge in [-0.25, -0.2) is 14.2 Å². The highest BCUT2D eigenvalue weighted by molar-refractivity contribution is 5.88. The number of hydrogen-bond acceptors (Lipinski definition) is 4. The molecule has 1 fully saturated rings. The predicted molar refractivity (Wildman–Crippen MR) is 102 cm³/mol. The average molecular weight is 494 g/mol. The molecule has 1 aromatic carbocycles. The van der Waals surface area contributed by atoms with Crippen molar-refractivity contribution in [2.45, 2.75) is 31.5 Å². The number of urea groups is 1. The fourth-order valence-electron chi connectivity index (χ4n) is 3.27. The first-order chi connectivity index (χ1) is 15.8. The third kappa shape index (κ3) is 5.85. The minimum Gasteiger partial charge on any atom is -0.406 e. The number of nitrogens with one attached hydrogen (secondary N) is 2. The number of carbonyl (C=O) groups is 2. The van der Waals surface area contributed by atoms with Gasteiger partial charge in [0.2, 0.25) is 5.91 Å². The van der Waals surface area contributed by atoms with Gasteiger partial charge in [-0.2, -0.15) is 13.2 Å². The van der Waals surface area contributed by atoms with Crippen molar-refractivity contribution in [2.75, 3.05) is 13.1 Å². The number of aromatic nitrogens is 1.